The molecule has 162 valence electrons. The van der Waals surface area contributed by atoms with Crippen molar-refractivity contribution in [3.63, 3.8) is 0 Å². The van der Waals surface area contributed by atoms with E-state index < -0.39 is 0 Å². The normalized spacial score (nSPS) is 10.6. The topological polar surface area (TPSA) is 86.5 Å². The standard InChI is InChI=1S/C25H23N3O4/c1-16-4-8-18(9-5-16)25-27-24(28-32-25)19-10-13-21(22(14-19)30-3)31-15-23(29)26-20-11-6-17(2)7-12-20/h4-14H,15H2,1-3H3,(H,26,29). The number of amides is 1. The van der Waals surface area contributed by atoms with Crippen LogP contribution in [0.1, 0.15) is 11.1 Å². The zero-order valence-corrected chi connectivity index (χ0v) is 18.1. The van der Waals surface area contributed by atoms with Gasteiger partial charge in [-0.3, -0.25) is 4.79 Å². The van der Waals surface area contributed by atoms with E-state index in [2.05, 4.69) is 15.5 Å². The predicted octanol–water partition coefficient (Wildman–Crippen LogP) is 5.05. The third-order valence-electron chi connectivity index (χ3n) is 4.84. The van der Waals surface area contributed by atoms with Gasteiger partial charge in [-0.05, 0) is 56.3 Å². The lowest BCUT2D eigenvalue weighted by Crippen LogP contribution is -2.20. The van der Waals surface area contributed by atoms with E-state index in [1.54, 1.807) is 18.2 Å². The van der Waals surface area contributed by atoms with Crippen molar-refractivity contribution in [3.05, 3.63) is 77.9 Å². The lowest BCUT2D eigenvalue weighted by atomic mass is 10.1. The van der Waals surface area contributed by atoms with E-state index in [0.29, 0.717) is 34.5 Å². The molecule has 0 fully saturated rings. The van der Waals surface area contributed by atoms with Gasteiger partial charge in [-0.1, -0.05) is 40.5 Å². The van der Waals surface area contributed by atoms with Crippen molar-refractivity contribution in [3.8, 4) is 34.3 Å². The Morgan fingerprint density at radius 3 is 2.25 bits per heavy atom. The Morgan fingerprint density at radius 2 is 1.56 bits per heavy atom. The van der Waals surface area contributed by atoms with Gasteiger partial charge in [0.25, 0.3) is 11.8 Å². The van der Waals surface area contributed by atoms with Gasteiger partial charge < -0.3 is 19.3 Å². The Hall–Kier alpha value is -4.13. The first kappa shape index (κ1) is 21.1. The Labute approximate surface area is 186 Å². The van der Waals surface area contributed by atoms with Crippen LogP contribution < -0.4 is 14.8 Å². The zero-order valence-electron chi connectivity index (χ0n) is 18.1. The van der Waals surface area contributed by atoms with Crippen LogP contribution in [0.4, 0.5) is 5.69 Å². The van der Waals surface area contributed by atoms with Gasteiger partial charge in [0.2, 0.25) is 5.82 Å². The average Bonchev–Trinajstić information content (AvgIpc) is 3.30. The highest BCUT2D eigenvalue weighted by molar-refractivity contribution is 5.91. The molecule has 0 aliphatic rings. The second-order valence-electron chi connectivity index (χ2n) is 7.36. The molecule has 0 saturated heterocycles. The van der Waals surface area contributed by atoms with E-state index in [1.165, 1.54) is 7.11 Å². The fourth-order valence-corrected chi connectivity index (χ4v) is 3.06. The number of hydrogen-bond donors (Lipinski definition) is 1. The monoisotopic (exact) mass is 429 g/mol. The number of methoxy groups -OCH3 is 1. The van der Waals surface area contributed by atoms with Gasteiger partial charge in [0.15, 0.2) is 18.1 Å². The summed E-state index contributed by atoms with van der Waals surface area (Å²) < 4.78 is 16.5. The zero-order chi connectivity index (χ0) is 22.5. The second-order valence-corrected chi connectivity index (χ2v) is 7.36. The van der Waals surface area contributed by atoms with Crippen molar-refractivity contribution >= 4 is 11.6 Å². The molecule has 0 aliphatic heterocycles. The highest BCUT2D eigenvalue weighted by atomic mass is 16.5. The number of ether oxygens (including phenoxy) is 2. The molecular weight excluding hydrogens is 406 g/mol. The van der Waals surface area contributed by atoms with Crippen molar-refractivity contribution < 1.29 is 18.8 Å². The predicted molar refractivity (Wildman–Crippen MR) is 122 cm³/mol. The number of aryl methyl sites for hydroxylation is 2. The molecule has 0 atom stereocenters. The van der Waals surface area contributed by atoms with Crippen molar-refractivity contribution in [2.75, 3.05) is 19.0 Å². The molecule has 7 heteroatoms. The number of carbonyl (C=O) groups excluding carboxylic acids is 1. The Bertz CT molecular complexity index is 1210. The first-order valence-electron chi connectivity index (χ1n) is 10.1. The first-order valence-corrected chi connectivity index (χ1v) is 10.1. The van der Waals surface area contributed by atoms with Gasteiger partial charge in [-0.2, -0.15) is 4.98 Å². The third-order valence-corrected chi connectivity index (χ3v) is 4.84. The number of nitrogens with one attached hydrogen (secondary N) is 1. The number of benzene rings is 3. The van der Waals surface area contributed by atoms with Gasteiger partial charge in [-0.25, -0.2) is 0 Å². The molecule has 1 heterocycles. The van der Waals surface area contributed by atoms with Crippen molar-refractivity contribution in [1.29, 1.82) is 0 Å². The Morgan fingerprint density at radius 1 is 0.906 bits per heavy atom. The number of hydrogen-bond acceptors (Lipinski definition) is 6. The lowest BCUT2D eigenvalue weighted by Gasteiger charge is -2.11. The molecule has 4 rings (SSSR count). The van der Waals surface area contributed by atoms with Crippen molar-refractivity contribution in [2.24, 2.45) is 0 Å². The fourth-order valence-electron chi connectivity index (χ4n) is 3.06. The Balaban J connectivity index is 1.44. The summed E-state index contributed by atoms with van der Waals surface area (Å²) in [5.74, 6) is 1.51. The Kier molecular flexibility index (Phi) is 6.17. The SMILES string of the molecule is COc1cc(-c2noc(-c3ccc(C)cc3)n2)ccc1OCC(=O)Nc1ccc(C)cc1. The van der Waals surface area contributed by atoms with Crippen LogP contribution in [0, 0.1) is 13.8 Å². The van der Waals surface area contributed by atoms with Crippen LogP contribution in [-0.2, 0) is 4.79 Å². The summed E-state index contributed by atoms with van der Waals surface area (Å²) >= 11 is 0. The maximum Gasteiger partial charge on any atom is 0.262 e. The summed E-state index contributed by atoms with van der Waals surface area (Å²) in [6.45, 7) is 3.86. The molecule has 1 N–H and O–H groups in total. The number of rotatable bonds is 7. The van der Waals surface area contributed by atoms with Gasteiger partial charge >= 0.3 is 0 Å². The smallest absolute Gasteiger partial charge is 0.262 e. The van der Waals surface area contributed by atoms with E-state index in [0.717, 1.165) is 16.7 Å². The quantitative estimate of drug-likeness (QED) is 0.443. The van der Waals surface area contributed by atoms with Crippen LogP contribution >= 0.6 is 0 Å². The fraction of sp³-hybridized carbons (Fsp3) is 0.160. The summed E-state index contributed by atoms with van der Waals surface area (Å²) in [7, 11) is 1.53. The molecule has 32 heavy (non-hydrogen) atoms. The van der Waals surface area contributed by atoms with E-state index >= 15 is 0 Å². The van der Waals surface area contributed by atoms with E-state index in [4.69, 9.17) is 14.0 Å². The number of aromatic nitrogens is 2. The molecule has 4 aromatic rings. The molecule has 0 radical (unpaired) electrons. The number of nitrogens with zero attached hydrogens (tertiary/aromatic N) is 2. The maximum atomic E-state index is 12.2. The number of carbonyl (C=O) groups is 1. The molecule has 0 unspecified atom stereocenters. The average molecular weight is 429 g/mol. The molecule has 1 aromatic heterocycles. The molecule has 3 aromatic carbocycles. The van der Waals surface area contributed by atoms with E-state index in [-0.39, 0.29) is 12.5 Å². The minimum absolute atomic E-state index is 0.149. The van der Waals surface area contributed by atoms with Crippen molar-refractivity contribution in [2.45, 2.75) is 13.8 Å². The van der Waals surface area contributed by atoms with Crippen LogP contribution in [0.25, 0.3) is 22.8 Å². The first-order chi connectivity index (χ1) is 15.5. The second kappa shape index (κ2) is 9.34. The summed E-state index contributed by atoms with van der Waals surface area (Å²) in [5.41, 5.74) is 4.55. The lowest BCUT2D eigenvalue weighted by molar-refractivity contribution is -0.118. The molecule has 0 aliphatic carbocycles. The summed E-state index contributed by atoms with van der Waals surface area (Å²) in [6, 6.07) is 20.7. The highest BCUT2D eigenvalue weighted by Gasteiger charge is 2.14. The molecule has 0 saturated carbocycles. The highest BCUT2D eigenvalue weighted by Crippen LogP contribution is 2.32. The van der Waals surface area contributed by atoms with Crippen molar-refractivity contribution in [1.82, 2.24) is 10.1 Å². The van der Waals surface area contributed by atoms with Crippen LogP contribution in [0.2, 0.25) is 0 Å². The van der Waals surface area contributed by atoms with Gasteiger partial charge in [0.1, 0.15) is 0 Å². The molecular formula is C25H23N3O4. The van der Waals surface area contributed by atoms with Gasteiger partial charge in [0, 0.05) is 16.8 Å². The van der Waals surface area contributed by atoms with E-state index in [9.17, 15) is 4.79 Å². The van der Waals surface area contributed by atoms with Crippen LogP contribution in [0.15, 0.2) is 71.3 Å². The summed E-state index contributed by atoms with van der Waals surface area (Å²) in [5, 5.41) is 6.87. The molecule has 0 spiro atoms. The molecule has 1 amide bonds. The summed E-state index contributed by atoms with van der Waals surface area (Å²) in [6.07, 6.45) is 0. The van der Waals surface area contributed by atoms with E-state index in [1.807, 2.05) is 62.4 Å². The third kappa shape index (κ3) is 4.95. The van der Waals surface area contributed by atoms with Crippen LogP contribution in [-0.4, -0.2) is 29.8 Å². The summed E-state index contributed by atoms with van der Waals surface area (Å²) in [4.78, 5) is 16.7. The largest absolute Gasteiger partial charge is 0.493 e. The van der Waals surface area contributed by atoms with Gasteiger partial charge in [0.05, 0.1) is 7.11 Å². The minimum atomic E-state index is -0.263. The molecule has 7 nitrogen and oxygen atoms in total. The van der Waals surface area contributed by atoms with Gasteiger partial charge in [-0.15, -0.1) is 0 Å². The van der Waals surface area contributed by atoms with Crippen LogP contribution in [0.3, 0.4) is 0 Å². The minimum Gasteiger partial charge on any atom is -0.493 e. The van der Waals surface area contributed by atoms with Crippen LogP contribution in [0.5, 0.6) is 11.5 Å². The maximum absolute atomic E-state index is 12.2. The molecule has 0 bridgehead atoms. The number of anilines is 1.